The second-order valence-corrected chi connectivity index (χ2v) is 6.04. The average molecular weight is 371 g/mol. The molecule has 0 heterocycles. The van der Waals surface area contributed by atoms with Gasteiger partial charge in [-0.2, -0.15) is 0 Å². The van der Waals surface area contributed by atoms with Gasteiger partial charge in [0, 0.05) is 11.1 Å². The second-order valence-electron chi connectivity index (χ2n) is 4.75. The zero-order valence-electron chi connectivity index (χ0n) is 11.8. The van der Waals surface area contributed by atoms with E-state index in [0.717, 1.165) is 15.8 Å². The van der Waals surface area contributed by atoms with E-state index >= 15 is 0 Å². The Morgan fingerprint density at radius 2 is 1.81 bits per heavy atom. The average Bonchev–Trinajstić information content (AvgIpc) is 2.46. The molecule has 3 nitrogen and oxygen atoms in total. The quantitative estimate of drug-likeness (QED) is 0.838. The van der Waals surface area contributed by atoms with Gasteiger partial charge in [0.1, 0.15) is 17.6 Å². The SMILES string of the molecule is COc1ccc(OC(c2ccc(Cl)cc2)C(C)N)c(Br)c1. The van der Waals surface area contributed by atoms with Gasteiger partial charge in [-0.3, -0.25) is 0 Å². The lowest BCUT2D eigenvalue weighted by Crippen LogP contribution is -2.29. The smallest absolute Gasteiger partial charge is 0.139 e. The Bertz CT molecular complexity index is 602. The molecular formula is C16H17BrClNO2. The molecule has 2 atom stereocenters. The van der Waals surface area contributed by atoms with Gasteiger partial charge in [-0.1, -0.05) is 23.7 Å². The van der Waals surface area contributed by atoms with Gasteiger partial charge < -0.3 is 15.2 Å². The highest BCUT2D eigenvalue weighted by atomic mass is 79.9. The van der Waals surface area contributed by atoms with E-state index in [1.807, 2.05) is 49.4 Å². The lowest BCUT2D eigenvalue weighted by molar-refractivity contribution is 0.179. The number of rotatable bonds is 5. The number of halogens is 2. The molecule has 0 bridgehead atoms. The van der Waals surface area contributed by atoms with Crippen LogP contribution in [0.25, 0.3) is 0 Å². The summed E-state index contributed by atoms with van der Waals surface area (Å²) in [6.07, 6.45) is -0.257. The standard InChI is InChI=1S/C16H17BrClNO2/c1-10(19)16(11-3-5-12(18)6-4-11)21-15-8-7-13(20-2)9-14(15)17/h3-10,16H,19H2,1-2H3. The van der Waals surface area contributed by atoms with Crippen molar-refractivity contribution >= 4 is 27.5 Å². The molecule has 21 heavy (non-hydrogen) atoms. The molecule has 0 radical (unpaired) electrons. The van der Waals surface area contributed by atoms with E-state index in [2.05, 4.69) is 15.9 Å². The molecule has 0 aliphatic carbocycles. The molecule has 0 amide bonds. The number of nitrogens with two attached hydrogens (primary N) is 1. The van der Waals surface area contributed by atoms with Crippen LogP contribution in [0.15, 0.2) is 46.9 Å². The molecule has 0 aliphatic heterocycles. The first-order chi connectivity index (χ1) is 10.0. The summed E-state index contributed by atoms with van der Waals surface area (Å²) in [6, 6.07) is 12.9. The zero-order chi connectivity index (χ0) is 15.4. The van der Waals surface area contributed by atoms with Crippen molar-refractivity contribution in [3.8, 4) is 11.5 Å². The maximum atomic E-state index is 6.06. The van der Waals surface area contributed by atoms with Gasteiger partial charge in [0.2, 0.25) is 0 Å². The summed E-state index contributed by atoms with van der Waals surface area (Å²) in [5.41, 5.74) is 7.05. The van der Waals surface area contributed by atoms with Crippen LogP contribution in [0.5, 0.6) is 11.5 Å². The summed E-state index contributed by atoms with van der Waals surface area (Å²) in [7, 11) is 1.63. The minimum absolute atomic E-state index is 0.167. The van der Waals surface area contributed by atoms with Crippen LogP contribution in [0.4, 0.5) is 0 Å². The summed E-state index contributed by atoms with van der Waals surface area (Å²) >= 11 is 9.40. The van der Waals surface area contributed by atoms with Gasteiger partial charge in [-0.15, -0.1) is 0 Å². The third-order valence-electron chi connectivity index (χ3n) is 3.07. The van der Waals surface area contributed by atoms with E-state index in [4.69, 9.17) is 26.8 Å². The highest BCUT2D eigenvalue weighted by molar-refractivity contribution is 9.10. The molecule has 0 saturated heterocycles. The van der Waals surface area contributed by atoms with Crippen molar-refractivity contribution in [3.63, 3.8) is 0 Å². The van der Waals surface area contributed by atoms with Crippen LogP contribution in [0, 0.1) is 0 Å². The Kier molecular flexibility index (Phi) is 5.51. The zero-order valence-corrected chi connectivity index (χ0v) is 14.2. The number of methoxy groups -OCH3 is 1. The predicted molar refractivity (Wildman–Crippen MR) is 89.2 cm³/mol. The van der Waals surface area contributed by atoms with Crippen LogP contribution in [-0.2, 0) is 0 Å². The molecule has 2 aromatic carbocycles. The van der Waals surface area contributed by atoms with E-state index in [9.17, 15) is 0 Å². The fourth-order valence-corrected chi connectivity index (χ4v) is 2.55. The summed E-state index contributed by atoms with van der Waals surface area (Å²) in [6.45, 7) is 1.91. The molecule has 0 saturated carbocycles. The number of ether oxygens (including phenoxy) is 2. The number of hydrogen-bond acceptors (Lipinski definition) is 3. The summed E-state index contributed by atoms with van der Waals surface area (Å²) < 4.78 is 12.1. The number of benzene rings is 2. The molecule has 2 aromatic rings. The van der Waals surface area contributed by atoms with Gasteiger partial charge in [0.15, 0.2) is 0 Å². The van der Waals surface area contributed by atoms with Gasteiger partial charge in [0.05, 0.1) is 11.6 Å². The summed E-state index contributed by atoms with van der Waals surface area (Å²) in [5.74, 6) is 1.48. The molecule has 0 aliphatic rings. The van der Waals surface area contributed by atoms with Crippen LogP contribution < -0.4 is 15.2 Å². The van der Waals surface area contributed by atoms with Crippen molar-refractivity contribution < 1.29 is 9.47 Å². The molecule has 2 rings (SSSR count). The van der Waals surface area contributed by atoms with Crippen molar-refractivity contribution in [2.75, 3.05) is 7.11 Å². The van der Waals surface area contributed by atoms with Crippen LogP contribution in [0.2, 0.25) is 5.02 Å². The van der Waals surface area contributed by atoms with Crippen molar-refractivity contribution in [3.05, 3.63) is 57.5 Å². The van der Waals surface area contributed by atoms with E-state index in [0.29, 0.717) is 10.8 Å². The summed E-state index contributed by atoms with van der Waals surface area (Å²) in [4.78, 5) is 0. The third kappa shape index (κ3) is 4.13. The molecule has 2 N–H and O–H groups in total. The lowest BCUT2D eigenvalue weighted by Gasteiger charge is -2.24. The molecule has 0 fully saturated rings. The first-order valence-electron chi connectivity index (χ1n) is 6.52. The largest absolute Gasteiger partial charge is 0.497 e. The van der Waals surface area contributed by atoms with Crippen LogP contribution >= 0.6 is 27.5 Å². The molecule has 2 unspecified atom stereocenters. The fourth-order valence-electron chi connectivity index (χ4n) is 1.97. The Morgan fingerprint density at radius 3 is 2.33 bits per heavy atom. The van der Waals surface area contributed by atoms with Crippen LogP contribution in [0.3, 0.4) is 0 Å². The normalized spacial score (nSPS) is 13.6. The summed E-state index contributed by atoms with van der Waals surface area (Å²) in [5, 5.41) is 0.688. The Morgan fingerprint density at radius 1 is 1.14 bits per heavy atom. The van der Waals surface area contributed by atoms with Crippen molar-refractivity contribution in [2.45, 2.75) is 19.1 Å². The van der Waals surface area contributed by atoms with E-state index in [1.165, 1.54) is 0 Å². The molecule has 0 spiro atoms. The van der Waals surface area contributed by atoms with E-state index < -0.39 is 0 Å². The Labute approximate surface area is 138 Å². The highest BCUT2D eigenvalue weighted by Crippen LogP contribution is 2.33. The van der Waals surface area contributed by atoms with Crippen molar-refractivity contribution in [1.82, 2.24) is 0 Å². The third-order valence-corrected chi connectivity index (χ3v) is 3.94. The molecular weight excluding hydrogens is 354 g/mol. The minimum atomic E-state index is -0.257. The maximum absolute atomic E-state index is 6.06. The Hall–Kier alpha value is -1.23. The number of hydrogen-bond donors (Lipinski definition) is 1. The molecule has 112 valence electrons. The Balaban J connectivity index is 2.26. The monoisotopic (exact) mass is 369 g/mol. The van der Waals surface area contributed by atoms with Crippen LogP contribution in [-0.4, -0.2) is 13.2 Å². The molecule has 5 heteroatoms. The highest BCUT2D eigenvalue weighted by Gasteiger charge is 2.19. The predicted octanol–water partition coefficient (Wildman–Crippen LogP) is 4.58. The molecule has 0 aromatic heterocycles. The fraction of sp³-hybridized carbons (Fsp3) is 0.250. The van der Waals surface area contributed by atoms with Gasteiger partial charge in [0.25, 0.3) is 0 Å². The van der Waals surface area contributed by atoms with Gasteiger partial charge in [-0.05, 0) is 58.7 Å². The van der Waals surface area contributed by atoms with E-state index in [1.54, 1.807) is 7.11 Å². The minimum Gasteiger partial charge on any atom is -0.497 e. The van der Waals surface area contributed by atoms with Gasteiger partial charge >= 0.3 is 0 Å². The van der Waals surface area contributed by atoms with E-state index in [-0.39, 0.29) is 12.1 Å². The maximum Gasteiger partial charge on any atom is 0.139 e. The first kappa shape index (κ1) is 16.1. The topological polar surface area (TPSA) is 44.5 Å². The van der Waals surface area contributed by atoms with Gasteiger partial charge in [-0.25, -0.2) is 0 Å². The first-order valence-corrected chi connectivity index (χ1v) is 7.69. The van der Waals surface area contributed by atoms with Crippen molar-refractivity contribution in [2.24, 2.45) is 5.73 Å². The second kappa shape index (κ2) is 7.16. The lowest BCUT2D eigenvalue weighted by atomic mass is 10.0. The van der Waals surface area contributed by atoms with Crippen molar-refractivity contribution in [1.29, 1.82) is 0 Å². The van der Waals surface area contributed by atoms with Crippen LogP contribution in [0.1, 0.15) is 18.6 Å².